The van der Waals surface area contributed by atoms with Gasteiger partial charge in [0.2, 0.25) is 0 Å². The van der Waals surface area contributed by atoms with Gasteiger partial charge in [-0.15, -0.1) is 0 Å². The van der Waals surface area contributed by atoms with E-state index in [-0.39, 0.29) is 25.3 Å². The van der Waals surface area contributed by atoms with Gasteiger partial charge >= 0.3 is 6.09 Å². The van der Waals surface area contributed by atoms with Crippen LogP contribution in [0, 0.1) is 0 Å². The normalized spacial score (nSPS) is 16.7. The SMILES string of the molecule is O=C(OCc1ccccc1)N1c2ccccc2CCC1CCO. The molecule has 0 saturated heterocycles. The van der Waals surface area contributed by atoms with Crippen molar-refractivity contribution in [2.75, 3.05) is 11.5 Å². The summed E-state index contributed by atoms with van der Waals surface area (Å²) in [4.78, 5) is 14.3. The van der Waals surface area contributed by atoms with Gasteiger partial charge in [-0.2, -0.15) is 0 Å². The van der Waals surface area contributed by atoms with E-state index < -0.39 is 0 Å². The Kier molecular flexibility index (Phi) is 4.93. The van der Waals surface area contributed by atoms with Crippen molar-refractivity contribution in [3.05, 3.63) is 65.7 Å². The molecule has 0 aliphatic carbocycles. The molecular formula is C19H21NO3. The van der Waals surface area contributed by atoms with Crippen LogP contribution in [0.1, 0.15) is 24.0 Å². The molecule has 0 radical (unpaired) electrons. The van der Waals surface area contributed by atoms with Crippen LogP contribution in [-0.4, -0.2) is 23.8 Å². The lowest BCUT2D eigenvalue weighted by molar-refractivity contribution is 0.142. The second-order valence-corrected chi connectivity index (χ2v) is 5.74. The maximum Gasteiger partial charge on any atom is 0.414 e. The first kappa shape index (κ1) is 15.6. The predicted molar refractivity (Wildman–Crippen MR) is 89.4 cm³/mol. The molecule has 3 rings (SSSR count). The number of aliphatic hydroxyl groups is 1. The van der Waals surface area contributed by atoms with Gasteiger partial charge in [0.1, 0.15) is 6.61 Å². The van der Waals surface area contributed by atoms with Crippen LogP contribution in [0.4, 0.5) is 10.5 Å². The molecule has 1 atom stereocenters. The highest BCUT2D eigenvalue weighted by Gasteiger charge is 2.31. The van der Waals surface area contributed by atoms with Crippen molar-refractivity contribution in [3.8, 4) is 0 Å². The van der Waals surface area contributed by atoms with Gasteiger partial charge in [-0.3, -0.25) is 4.90 Å². The highest BCUT2D eigenvalue weighted by atomic mass is 16.6. The minimum absolute atomic E-state index is 0.0156. The van der Waals surface area contributed by atoms with Crippen LogP contribution < -0.4 is 4.90 Å². The lowest BCUT2D eigenvalue weighted by Crippen LogP contribution is -2.44. The quantitative estimate of drug-likeness (QED) is 0.940. The number of nitrogens with zero attached hydrogens (tertiary/aromatic N) is 1. The summed E-state index contributed by atoms with van der Waals surface area (Å²) in [5, 5.41) is 9.30. The molecule has 4 nitrogen and oxygen atoms in total. The maximum absolute atomic E-state index is 12.6. The van der Waals surface area contributed by atoms with E-state index in [0.717, 1.165) is 29.7 Å². The first-order valence-electron chi connectivity index (χ1n) is 7.98. The van der Waals surface area contributed by atoms with E-state index >= 15 is 0 Å². The van der Waals surface area contributed by atoms with Crippen molar-refractivity contribution in [2.24, 2.45) is 0 Å². The van der Waals surface area contributed by atoms with Gasteiger partial charge in [-0.05, 0) is 36.5 Å². The number of carbonyl (C=O) groups is 1. The largest absolute Gasteiger partial charge is 0.444 e. The van der Waals surface area contributed by atoms with Crippen molar-refractivity contribution in [2.45, 2.75) is 31.9 Å². The highest BCUT2D eigenvalue weighted by molar-refractivity contribution is 5.90. The Morgan fingerprint density at radius 1 is 1.13 bits per heavy atom. The number of hydrogen-bond donors (Lipinski definition) is 1. The average Bonchev–Trinajstić information content (AvgIpc) is 2.60. The molecule has 1 unspecified atom stereocenters. The average molecular weight is 311 g/mol. The van der Waals surface area contributed by atoms with Crippen LogP contribution in [0.25, 0.3) is 0 Å². The van der Waals surface area contributed by atoms with Gasteiger partial charge in [-0.1, -0.05) is 48.5 Å². The van der Waals surface area contributed by atoms with Gasteiger partial charge in [0.25, 0.3) is 0 Å². The fourth-order valence-corrected chi connectivity index (χ4v) is 3.06. The van der Waals surface area contributed by atoms with Crippen LogP contribution in [0.3, 0.4) is 0 Å². The number of hydrogen-bond acceptors (Lipinski definition) is 3. The summed E-state index contributed by atoms with van der Waals surface area (Å²) in [6.07, 6.45) is 1.98. The van der Waals surface area contributed by atoms with Crippen LogP contribution >= 0.6 is 0 Å². The molecule has 4 heteroatoms. The van der Waals surface area contributed by atoms with Gasteiger partial charge < -0.3 is 9.84 Å². The van der Waals surface area contributed by atoms with Gasteiger partial charge in [-0.25, -0.2) is 4.79 Å². The summed E-state index contributed by atoms with van der Waals surface area (Å²) < 4.78 is 5.51. The van der Waals surface area contributed by atoms with Crippen molar-refractivity contribution < 1.29 is 14.6 Å². The Labute approximate surface area is 136 Å². The lowest BCUT2D eigenvalue weighted by atomic mass is 9.94. The zero-order chi connectivity index (χ0) is 16.1. The molecule has 1 heterocycles. The molecule has 1 amide bonds. The Balaban J connectivity index is 1.77. The highest BCUT2D eigenvalue weighted by Crippen LogP contribution is 2.32. The number of aryl methyl sites for hydroxylation is 1. The molecule has 2 aromatic carbocycles. The van der Waals surface area contributed by atoms with Crippen LogP contribution in [0.2, 0.25) is 0 Å². The van der Waals surface area contributed by atoms with E-state index in [1.165, 1.54) is 0 Å². The standard InChI is InChI=1S/C19H21NO3/c21-13-12-17-11-10-16-8-4-5-9-18(16)20(17)19(22)23-14-15-6-2-1-3-7-15/h1-9,17,21H,10-14H2. The first-order chi connectivity index (χ1) is 11.3. The number of ether oxygens (including phenoxy) is 1. The molecular weight excluding hydrogens is 290 g/mol. The third-order valence-corrected chi connectivity index (χ3v) is 4.23. The maximum atomic E-state index is 12.6. The summed E-state index contributed by atoms with van der Waals surface area (Å²) in [7, 11) is 0. The van der Waals surface area contributed by atoms with Crippen molar-refractivity contribution >= 4 is 11.8 Å². The smallest absolute Gasteiger partial charge is 0.414 e. The van der Waals surface area contributed by atoms with E-state index in [4.69, 9.17) is 4.74 Å². The van der Waals surface area contributed by atoms with E-state index in [9.17, 15) is 9.90 Å². The molecule has 1 aliphatic heterocycles. The minimum atomic E-state index is -0.348. The minimum Gasteiger partial charge on any atom is -0.444 e. The predicted octanol–water partition coefficient (Wildman–Crippen LogP) is 3.53. The number of para-hydroxylation sites is 1. The van der Waals surface area contributed by atoms with Crippen LogP contribution in [-0.2, 0) is 17.8 Å². The van der Waals surface area contributed by atoms with E-state index in [1.54, 1.807) is 4.90 Å². The molecule has 1 N–H and O–H groups in total. The summed E-state index contributed by atoms with van der Waals surface area (Å²) in [5.41, 5.74) is 3.01. The Bertz CT molecular complexity index is 657. The third-order valence-electron chi connectivity index (χ3n) is 4.23. The summed E-state index contributed by atoms with van der Waals surface area (Å²) in [6, 6.07) is 17.5. The Morgan fingerprint density at radius 2 is 1.87 bits per heavy atom. The fraction of sp³-hybridized carbons (Fsp3) is 0.316. The number of amides is 1. The molecule has 0 spiro atoms. The van der Waals surface area contributed by atoms with E-state index in [1.807, 2.05) is 54.6 Å². The summed E-state index contributed by atoms with van der Waals surface area (Å²) >= 11 is 0. The second-order valence-electron chi connectivity index (χ2n) is 5.74. The third kappa shape index (κ3) is 3.54. The number of fused-ring (bicyclic) bond motifs is 1. The van der Waals surface area contributed by atoms with Crippen molar-refractivity contribution in [1.82, 2.24) is 0 Å². The van der Waals surface area contributed by atoms with E-state index in [2.05, 4.69) is 0 Å². The van der Waals surface area contributed by atoms with Gasteiger partial charge in [0.05, 0.1) is 5.69 Å². The lowest BCUT2D eigenvalue weighted by Gasteiger charge is -2.36. The Hall–Kier alpha value is -2.33. The monoisotopic (exact) mass is 311 g/mol. The molecule has 2 aromatic rings. The fourth-order valence-electron chi connectivity index (χ4n) is 3.06. The molecule has 120 valence electrons. The van der Waals surface area contributed by atoms with Gasteiger partial charge in [0.15, 0.2) is 0 Å². The first-order valence-corrected chi connectivity index (χ1v) is 7.98. The number of rotatable bonds is 4. The Morgan fingerprint density at radius 3 is 2.65 bits per heavy atom. The molecule has 0 fully saturated rings. The molecule has 1 aliphatic rings. The van der Waals surface area contributed by atoms with Crippen molar-refractivity contribution in [3.63, 3.8) is 0 Å². The summed E-state index contributed by atoms with van der Waals surface area (Å²) in [5.74, 6) is 0. The molecule has 0 saturated carbocycles. The van der Waals surface area contributed by atoms with Gasteiger partial charge in [0, 0.05) is 12.6 Å². The number of benzene rings is 2. The topological polar surface area (TPSA) is 49.8 Å². The zero-order valence-electron chi connectivity index (χ0n) is 13.0. The summed E-state index contributed by atoms with van der Waals surface area (Å²) in [6.45, 7) is 0.319. The molecule has 0 bridgehead atoms. The number of aliphatic hydroxyl groups excluding tert-OH is 1. The second kappa shape index (κ2) is 7.29. The molecule has 0 aromatic heterocycles. The van der Waals surface area contributed by atoms with E-state index in [0.29, 0.717) is 6.42 Å². The van der Waals surface area contributed by atoms with Crippen LogP contribution in [0.15, 0.2) is 54.6 Å². The van der Waals surface area contributed by atoms with Crippen LogP contribution in [0.5, 0.6) is 0 Å². The number of carbonyl (C=O) groups excluding carboxylic acids is 1. The number of anilines is 1. The van der Waals surface area contributed by atoms with Crippen molar-refractivity contribution in [1.29, 1.82) is 0 Å². The molecule has 23 heavy (non-hydrogen) atoms. The zero-order valence-corrected chi connectivity index (χ0v) is 13.0.